The quantitative estimate of drug-likeness (QED) is 0.851. The molecule has 0 radical (unpaired) electrons. The van der Waals surface area contributed by atoms with Crippen LogP contribution < -0.4 is 0 Å². The lowest BCUT2D eigenvalue weighted by Crippen LogP contribution is -2.33. The van der Waals surface area contributed by atoms with Gasteiger partial charge in [-0.2, -0.15) is 22.0 Å². The molecule has 0 bridgehead atoms. The van der Waals surface area contributed by atoms with Crippen molar-refractivity contribution in [3.05, 3.63) is 35.4 Å². The highest BCUT2D eigenvalue weighted by atomic mass is 19.4. The van der Waals surface area contributed by atoms with Gasteiger partial charge in [0.15, 0.2) is 0 Å². The van der Waals surface area contributed by atoms with Crippen LogP contribution in [0.1, 0.15) is 24.0 Å². The normalized spacial score (nSPS) is 14.3. The molecule has 0 aliphatic carbocycles. The van der Waals surface area contributed by atoms with Gasteiger partial charge in [0, 0.05) is 5.56 Å². The fourth-order valence-electron chi connectivity index (χ4n) is 1.31. The Morgan fingerprint density at radius 1 is 1.22 bits per heavy atom. The van der Waals surface area contributed by atoms with Crippen LogP contribution in [-0.4, -0.2) is 17.3 Å². The molecule has 1 atom stereocenters. The van der Waals surface area contributed by atoms with E-state index >= 15 is 0 Å². The Morgan fingerprint density at radius 3 is 2.22 bits per heavy atom. The first kappa shape index (κ1) is 14.4. The molecule has 100 valence electrons. The Kier molecular flexibility index (Phi) is 3.64. The van der Waals surface area contributed by atoms with Crippen molar-refractivity contribution in [3.63, 3.8) is 0 Å². The van der Waals surface area contributed by atoms with Crippen molar-refractivity contribution in [2.75, 3.05) is 0 Å². The van der Waals surface area contributed by atoms with E-state index in [-0.39, 0.29) is 5.56 Å². The van der Waals surface area contributed by atoms with Crippen LogP contribution in [0.2, 0.25) is 0 Å². The van der Waals surface area contributed by atoms with E-state index in [9.17, 15) is 26.7 Å². The van der Waals surface area contributed by atoms with Gasteiger partial charge >= 0.3 is 18.1 Å². The number of benzene rings is 1. The molecule has 0 aliphatic rings. The van der Waals surface area contributed by atoms with Gasteiger partial charge in [0.2, 0.25) is 0 Å². The van der Waals surface area contributed by atoms with E-state index in [0.717, 1.165) is 6.07 Å². The summed E-state index contributed by atoms with van der Waals surface area (Å²) in [6.07, 6.45) is -5.71. The predicted octanol–water partition coefficient (Wildman–Crippen LogP) is 3.53. The first-order valence-corrected chi connectivity index (χ1v) is 4.85. The van der Waals surface area contributed by atoms with Crippen molar-refractivity contribution in [2.24, 2.45) is 0 Å². The summed E-state index contributed by atoms with van der Waals surface area (Å²) in [6, 6.07) is 3.34. The molecule has 0 saturated carbocycles. The maximum absolute atomic E-state index is 13.0. The minimum atomic E-state index is -5.71. The van der Waals surface area contributed by atoms with Crippen molar-refractivity contribution >= 4 is 5.97 Å². The second-order valence-electron chi connectivity index (χ2n) is 3.76. The van der Waals surface area contributed by atoms with E-state index in [2.05, 4.69) is 0 Å². The highest BCUT2D eigenvalue weighted by molar-refractivity contribution is 5.75. The van der Waals surface area contributed by atoms with Crippen LogP contribution in [0.15, 0.2) is 24.3 Å². The second-order valence-corrected chi connectivity index (χ2v) is 3.76. The molecule has 0 fully saturated rings. The zero-order chi connectivity index (χ0) is 14.1. The smallest absolute Gasteiger partial charge is 0.458 e. The number of carbonyl (C=O) groups is 1. The van der Waals surface area contributed by atoms with Gasteiger partial charge in [0.25, 0.3) is 0 Å². The molecule has 0 heterocycles. The van der Waals surface area contributed by atoms with Gasteiger partial charge < -0.3 is 5.11 Å². The Labute approximate surface area is 99.0 Å². The second kappa shape index (κ2) is 4.55. The molecule has 18 heavy (non-hydrogen) atoms. The largest absolute Gasteiger partial charge is 0.481 e. The summed E-state index contributed by atoms with van der Waals surface area (Å²) >= 11 is 0. The van der Waals surface area contributed by atoms with Crippen molar-refractivity contribution in [3.8, 4) is 0 Å². The van der Waals surface area contributed by atoms with Gasteiger partial charge in [0.1, 0.15) is 0 Å². The van der Waals surface area contributed by atoms with Gasteiger partial charge in [-0.05, 0) is 18.6 Å². The van der Waals surface area contributed by atoms with Crippen molar-refractivity contribution in [2.45, 2.75) is 24.9 Å². The average Bonchev–Trinajstić information content (AvgIpc) is 2.26. The first-order valence-electron chi connectivity index (χ1n) is 4.85. The van der Waals surface area contributed by atoms with Gasteiger partial charge in [-0.25, -0.2) is 0 Å². The number of alkyl halides is 5. The molecule has 2 nitrogen and oxygen atoms in total. The predicted molar refractivity (Wildman–Crippen MR) is 52.4 cm³/mol. The summed E-state index contributed by atoms with van der Waals surface area (Å²) in [5, 5.41) is 8.68. The zero-order valence-corrected chi connectivity index (χ0v) is 9.13. The van der Waals surface area contributed by atoms with Crippen LogP contribution in [-0.2, 0) is 10.7 Å². The molecule has 0 amide bonds. The minimum Gasteiger partial charge on any atom is -0.481 e. The molecule has 0 aliphatic heterocycles. The summed E-state index contributed by atoms with van der Waals surface area (Å²) < 4.78 is 62.5. The van der Waals surface area contributed by atoms with Gasteiger partial charge in [0.05, 0.1) is 5.92 Å². The van der Waals surface area contributed by atoms with E-state index in [1.165, 1.54) is 13.0 Å². The molecular formula is C11H9F5O2. The number of carboxylic acids is 1. The van der Waals surface area contributed by atoms with E-state index in [1.54, 1.807) is 0 Å². The standard InChI is InChI=1S/C11H9F5O2/c1-6(9(17)18)7-3-2-4-8(5-7)10(12,13)11(14,15)16/h2-6H,1H3,(H,17,18). The van der Waals surface area contributed by atoms with Crippen LogP contribution in [0.25, 0.3) is 0 Å². The first-order chi connectivity index (χ1) is 8.07. The Bertz CT molecular complexity index is 453. The lowest BCUT2D eigenvalue weighted by molar-refractivity contribution is -0.289. The highest BCUT2D eigenvalue weighted by Crippen LogP contribution is 2.44. The minimum absolute atomic E-state index is 0.107. The molecule has 1 rings (SSSR count). The topological polar surface area (TPSA) is 37.3 Å². The van der Waals surface area contributed by atoms with Crippen molar-refractivity contribution < 1.29 is 31.9 Å². The maximum atomic E-state index is 13.0. The SMILES string of the molecule is CC(C(=O)O)c1cccc(C(F)(F)C(F)(F)F)c1. The Hall–Kier alpha value is -1.66. The van der Waals surface area contributed by atoms with E-state index in [1.807, 2.05) is 0 Å². The van der Waals surface area contributed by atoms with Crippen LogP contribution in [0.5, 0.6) is 0 Å². The third-order valence-electron chi connectivity index (χ3n) is 2.48. The third-order valence-corrected chi connectivity index (χ3v) is 2.48. The summed E-state index contributed by atoms with van der Waals surface area (Å²) in [7, 11) is 0. The fraction of sp³-hybridized carbons (Fsp3) is 0.364. The van der Waals surface area contributed by atoms with E-state index in [4.69, 9.17) is 5.11 Å². The molecule has 1 aromatic rings. The Morgan fingerprint density at radius 2 is 1.78 bits per heavy atom. The molecule has 0 spiro atoms. The maximum Gasteiger partial charge on any atom is 0.458 e. The zero-order valence-electron chi connectivity index (χ0n) is 9.13. The van der Waals surface area contributed by atoms with Gasteiger partial charge in [-0.3, -0.25) is 4.79 Å². The molecule has 1 N–H and O–H groups in total. The average molecular weight is 268 g/mol. The summed E-state index contributed by atoms with van der Waals surface area (Å²) in [5.74, 6) is -7.46. The number of aliphatic carboxylic acids is 1. The highest BCUT2D eigenvalue weighted by Gasteiger charge is 2.58. The van der Waals surface area contributed by atoms with E-state index < -0.39 is 29.5 Å². The molecule has 0 saturated heterocycles. The summed E-state index contributed by atoms with van der Waals surface area (Å²) in [4.78, 5) is 10.6. The van der Waals surface area contributed by atoms with Crippen molar-refractivity contribution in [1.29, 1.82) is 0 Å². The van der Waals surface area contributed by atoms with Crippen LogP contribution in [0, 0.1) is 0 Å². The molecule has 0 aromatic heterocycles. The molecule has 1 unspecified atom stereocenters. The lowest BCUT2D eigenvalue weighted by atomic mass is 9.97. The van der Waals surface area contributed by atoms with E-state index in [0.29, 0.717) is 12.1 Å². The molecule has 1 aromatic carbocycles. The number of carboxylic acid groups (broad SMARTS) is 1. The van der Waals surface area contributed by atoms with Crippen LogP contribution in [0.3, 0.4) is 0 Å². The summed E-state index contributed by atoms with van der Waals surface area (Å²) in [5.41, 5.74) is -1.37. The lowest BCUT2D eigenvalue weighted by Gasteiger charge is -2.20. The number of hydrogen-bond acceptors (Lipinski definition) is 1. The van der Waals surface area contributed by atoms with Gasteiger partial charge in [-0.1, -0.05) is 18.2 Å². The fourth-order valence-corrected chi connectivity index (χ4v) is 1.31. The number of rotatable bonds is 3. The number of hydrogen-bond donors (Lipinski definition) is 1. The van der Waals surface area contributed by atoms with Crippen molar-refractivity contribution in [1.82, 2.24) is 0 Å². The monoisotopic (exact) mass is 268 g/mol. The van der Waals surface area contributed by atoms with Crippen LogP contribution >= 0.6 is 0 Å². The number of halogens is 5. The Balaban J connectivity index is 3.21. The molecular weight excluding hydrogens is 259 g/mol. The van der Waals surface area contributed by atoms with Crippen LogP contribution in [0.4, 0.5) is 22.0 Å². The summed E-state index contributed by atoms with van der Waals surface area (Å²) in [6.45, 7) is 1.20. The van der Waals surface area contributed by atoms with Gasteiger partial charge in [-0.15, -0.1) is 0 Å². The molecule has 7 heteroatoms. The third kappa shape index (κ3) is 2.60.